The second-order valence-electron chi connectivity index (χ2n) is 0. The predicted octanol–water partition coefficient (Wildman–Crippen LogP) is -14.3. The standard InChI is InChI=1S/3ClH.In.6H2O/h3*1H;;6*1H2/q;;;+3;;;;;;/p-3/i;;;1-2;;;;;;. The molecule has 72 valence electrons. The van der Waals surface area contributed by atoms with Crippen LogP contribution in [0.5, 0.6) is 0 Å². The van der Waals surface area contributed by atoms with Gasteiger partial charge in [-0.3, -0.25) is 0 Å². The molecule has 0 saturated heterocycles. The van der Waals surface area contributed by atoms with Crippen molar-refractivity contribution < 1.29 is 70.1 Å². The van der Waals surface area contributed by atoms with E-state index in [-0.39, 0.29) is 95.9 Å². The maximum Gasteiger partial charge on any atom is 3.00 e. The van der Waals surface area contributed by atoms with E-state index < -0.39 is 0 Å². The summed E-state index contributed by atoms with van der Waals surface area (Å²) >= 11 is 0. The molecule has 0 atom stereocenters. The van der Waals surface area contributed by atoms with Crippen LogP contribution in [-0.4, -0.2) is 58.7 Å². The van der Waals surface area contributed by atoms with E-state index in [1.165, 1.54) is 0 Å². The molecule has 0 rings (SSSR count). The van der Waals surface area contributed by atoms with Gasteiger partial charge in [0.25, 0.3) is 0 Å². The first-order chi connectivity index (χ1) is 0. The van der Waals surface area contributed by atoms with Gasteiger partial charge in [0, 0.05) is 0 Å². The molecule has 0 heterocycles. The molecule has 0 bridgehead atoms. The van der Waals surface area contributed by atoms with Crippen LogP contribution < -0.4 is 37.2 Å². The van der Waals surface area contributed by atoms with Crippen molar-refractivity contribution in [1.82, 2.24) is 0 Å². The van der Waals surface area contributed by atoms with Crippen LogP contribution in [0.3, 0.4) is 0 Å². The minimum atomic E-state index is 0. The summed E-state index contributed by atoms with van der Waals surface area (Å²) in [6.45, 7) is 0. The predicted molar refractivity (Wildman–Crippen MR) is 27.4 cm³/mol. The summed E-state index contributed by atoms with van der Waals surface area (Å²) in [6.07, 6.45) is 0. The third kappa shape index (κ3) is 305. The Kier molecular flexibility index (Phi) is 23700. The maximum atomic E-state index is 0. The zero-order valence-corrected chi connectivity index (χ0v) is 10.3. The summed E-state index contributed by atoms with van der Waals surface area (Å²) in [4.78, 5) is 0. The number of rotatable bonds is 0. The molecule has 0 fully saturated rings. The molecule has 0 aromatic rings. The van der Waals surface area contributed by atoms with Crippen LogP contribution in [0, 0.1) is 0 Å². The van der Waals surface area contributed by atoms with Crippen molar-refractivity contribution in [2.45, 2.75) is 0 Å². The van der Waals surface area contributed by atoms with Crippen LogP contribution >= 0.6 is 0 Å². The van der Waals surface area contributed by atoms with Crippen LogP contribution in [0.1, 0.15) is 0 Å². The Hall–Kier alpha value is 1.50. The largest absolute Gasteiger partial charge is 3.00 e. The minimum Gasteiger partial charge on any atom is -1.00 e. The SMILES string of the molecule is O.O.O.O.O.O.[113In+3].[Cl-].[Cl-].[Cl-]. The molecule has 0 aromatic carbocycles. The summed E-state index contributed by atoms with van der Waals surface area (Å²) in [6, 6.07) is 0. The number of halogens is 3. The molecule has 0 aliphatic carbocycles. The minimum absolute atomic E-state index is 0. The van der Waals surface area contributed by atoms with Gasteiger partial charge in [0.1, 0.15) is 0 Å². The second kappa shape index (κ2) is 421. The molecule has 0 amide bonds. The van der Waals surface area contributed by atoms with Crippen LogP contribution in [0.25, 0.3) is 0 Å². The molecule has 0 radical (unpaired) electrons. The first-order valence-electron chi connectivity index (χ1n) is 0. The van der Waals surface area contributed by atoms with E-state index in [2.05, 4.69) is 0 Å². The molecule has 0 aromatic heterocycles. The van der Waals surface area contributed by atoms with Crippen molar-refractivity contribution in [3.8, 4) is 0 Å². The molecule has 0 unspecified atom stereocenters. The van der Waals surface area contributed by atoms with E-state index in [0.29, 0.717) is 0 Å². The fourth-order valence-corrected chi connectivity index (χ4v) is 0. The molecule has 10 heavy (non-hydrogen) atoms. The first kappa shape index (κ1) is 563. The van der Waals surface area contributed by atoms with Crippen molar-refractivity contribution in [3.05, 3.63) is 0 Å². The van der Waals surface area contributed by atoms with Crippen molar-refractivity contribution in [3.63, 3.8) is 0 Å². The smallest absolute Gasteiger partial charge is 1.00 e. The van der Waals surface area contributed by atoms with Gasteiger partial charge in [0.05, 0.1) is 0 Å². The zero-order valence-electron chi connectivity index (χ0n) is 4.71. The monoisotopic (exact) mass is 326 g/mol. The Morgan fingerprint density at radius 2 is 0.300 bits per heavy atom. The number of hydrogen-bond acceptors (Lipinski definition) is 0. The molecule has 0 saturated carbocycles. The van der Waals surface area contributed by atoms with Crippen LogP contribution in [-0.2, 0) is 0 Å². The molecule has 6 nitrogen and oxygen atoms in total. The fourth-order valence-electron chi connectivity index (χ4n) is 0. The van der Waals surface area contributed by atoms with Gasteiger partial charge in [-0.25, -0.2) is 0 Å². The summed E-state index contributed by atoms with van der Waals surface area (Å²) < 4.78 is 0. The average Bonchev–Trinajstić information content (AvgIpc) is 0. The normalized spacial score (nSPS) is 0. The molecule has 12 N–H and O–H groups in total. The van der Waals surface area contributed by atoms with Gasteiger partial charge in [-0.05, 0) is 0 Å². The van der Waals surface area contributed by atoms with E-state index in [9.17, 15) is 0 Å². The summed E-state index contributed by atoms with van der Waals surface area (Å²) in [7, 11) is 0. The van der Waals surface area contributed by atoms with Crippen LogP contribution in [0.2, 0.25) is 0 Å². The van der Waals surface area contributed by atoms with Gasteiger partial charge in [0.15, 0.2) is 0 Å². The Morgan fingerprint density at radius 1 is 0.300 bits per heavy atom. The van der Waals surface area contributed by atoms with E-state index in [1.807, 2.05) is 0 Å². The maximum absolute atomic E-state index is 0. The average molecular weight is 327 g/mol. The van der Waals surface area contributed by atoms with E-state index in [0.717, 1.165) is 0 Å². The Balaban J connectivity index is 0. The van der Waals surface area contributed by atoms with Crippen LogP contribution in [0.4, 0.5) is 0 Å². The van der Waals surface area contributed by atoms with Crippen molar-refractivity contribution >= 4 is 25.8 Å². The molecular weight excluding hydrogens is 315 g/mol. The molecule has 0 aliphatic rings. The van der Waals surface area contributed by atoms with E-state index >= 15 is 0 Å². The van der Waals surface area contributed by atoms with Gasteiger partial charge >= 0.3 is 25.8 Å². The Bertz CT molecular complexity index is 13.0. The topological polar surface area (TPSA) is 189 Å². The quantitative estimate of drug-likeness (QED) is 0.408. The Labute approximate surface area is 95.6 Å². The Morgan fingerprint density at radius 3 is 0.300 bits per heavy atom. The van der Waals surface area contributed by atoms with E-state index in [4.69, 9.17) is 0 Å². The molecule has 10 heteroatoms. The second-order valence-corrected chi connectivity index (χ2v) is 0. The van der Waals surface area contributed by atoms with Gasteiger partial charge in [-0.1, -0.05) is 0 Å². The third-order valence-electron chi connectivity index (χ3n) is 0. The summed E-state index contributed by atoms with van der Waals surface area (Å²) in [5.41, 5.74) is 0. The van der Waals surface area contributed by atoms with E-state index in [1.54, 1.807) is 0 Å². The third-order valence-corrected chi connectivity index (χ3v) is 0. The number of hydrogen-bond donors (Lipinski definition) is 0. The molecular formula is H12Cl3InO6. The fraction of sp³-hybridized carbons (Fsp3) is 0. The van der Waals surface area contributed by atoms with Gasteiger partial charge in [-0.2, -0.15) is 0 Å². The zero-order chi connectivity index (χ0) is 0. The molecule has 0 spiro atoms. The van der Waals surface area contributed by atoms with Gasteiger partial charge in [0.2, 0.25) is 0 Å². The summed E-state index contributed by atoms with van der Waals surface area (Å²) in [5.74, 6) is 0. The van der Waals surface area contributed by atoms with Gasteiger partial charge in [-0.15, -0.1) is 0 Å². The first-order valence-corrected chi connectivity index (χ1v) is 0. The molecule has 0 aliphatic heterocycles. The van der Waals surface area contributed by atoms with Crippen molar-refractivity contribution in [2.75, 3.05) is 0 Å². The van der Waals surface area contributed by atoms with Crippen molar-refractivity contribution in [1.29, 1.82) is 0 Å². The van der Waals surface area contributed by atoms with Gasteiger partial charge < -0.3 is 70.1 Å². The van der Waals surface area contributed by atoms with Crippen LogP contribution in [0.15, 0.2) is 0 Å². The summed E-state index contributed by atoms with van der Waals surface area (Å²) in [5, 5.41) is 0. The van der Waals surface area contributed by atoms with Crippen molar-refractivity contribution in [2.24, 2.45) is 0 Å².